The van der Waals surface area contributed by atoms with Crippen molar-refractivity contribution in [3.8, 4) is 11.1 Å². The van der Waals surface area contributed by atoms with Gasteiger partial charge < -0.3 is 9.47 Å². The van der Waals surface area contributed by atoms with Crippen molar-refractivity contribution in [2.24, 2.45) is 0 Å². The summed E-state index contributed by atoms with van der Waals surface area (Å²) in [4.78, 5) is 28.6. The maximum absolute atomic E-state index is 13.2. The lowest BCUT2D eigenvalue weighted by molar-refractivity contribution is 0.0693. The van der Waals surface area contributed by atoms with Gasteiger partial charge in [-0.2, -0.15) is 0 Å². The Morgan fingerprint density at radius 3 is 2.67 bits per heavy atom. The Morgan fingerprint density at radius 2 is 1.92 bits per heavy atom. The zero-order chi connectivity index (χ0) is 16.3. The molecule has 0 spiro atoms. The Balaban J connectivity index is 1.79. The Kier molecular flexibility index (Phi) is 2.77. The summed E-state index contributed by atoms with van der Waals surface area (Å²) in [6.45, 7) is 3.48. The van der Waals surface area contributed by atoms with E-state index in [2.05, 4.69) is 15.0 Å². The van der Waals surface area contributed by atoms with E-state index < -0.39 is 0 Å². The second-order valence-corrected chi connectivity index (χ2v) is 6.52. The van der Waals surface area contributed by atoms with Gasteiger partial charge in [0, 0.05) is 54.5 Å². The number of pyridine rings is 1. The highest BCUT2D eigenvalue weighted by Crippen LogP contribution is 2.38. The lowest BCUT2D eigenvalue weighted by Crippen LogP contribution is -2.41. The molecule has 0 bridgehead atoms. The van der Waals surface area contributed by atoms with E-state index in [9.17, 15) is 4.79 Å². The molecule has 120 valence electrons. The van der Waals surface area contributed by atoms with E-state index in [1.807, 2.05) is 34.7 Å². The molecular weight excluding hydrogens is 302 g/mol. The van der Waals surface area contributed by atoms with Crippen LogP contribution in [0.3, 0.4) is 0 Å². The number of aryl methyl sites for hydroxylation is 1. The van der Waals surface area contributed by atoms with Crippen molar-refractivity contribution in [1.29, 1.82) is 0 Å². The number of fused-ring (bicyclic) bond motifs is 3. The molecule has 6 heteroatoms. The van der Waals surface area contributed by atoms with Crippen LogP contribution >= 0.6 is 0 Å². The third-order valence-corrected chi connectivity index (χ3v) is 4.89. The van der Waals surface area contributed by atoms with E-state index in [0.29, 0.717) is 11.7 Å². The van der Waals surface area contributed by atoms with Crippen LogP contribution < -0.4 is 0 Å². The molecule has 1 aliphatic heterocycles. The van der Waals surface area contributed by atoms with Crippen molar-refractivity contribution < 1.29 is 4.79 Å². The van der Waals surface area contributed by atoms with Crippen LogP contribution in [0.15, 0.2) is 30.7 Å². The molecule has 0 unspecified atom stereocenters. The van der Waals surface area contributed by atoms with E-state index in [-0.39, 0.29) is 5.91 Å². The predicted octanol–water partition coefficient (Wildman–Crippen LogP) is 2.42. The first kappa shape index (κ1) is 13.7. The van der Waals surface area contributed by atoms with Gasteiger partial charge in [-0.1, -0.05) is 6.07 Å². The number of hydrogen-bond acceptors (Lipinski definition) is 4. The van der Waals surface area contributed by atoms with Crippen molar-refractivity contribution >= 4 is 17.1 Å². The summed E-state index contributed by atoms with van der Waals surface area (Å²) < 4.78 is 2.03. The summed E-state index contributed by atoms with van der Waals surface area (Å²) in [5.41, 5.74) is 5.01. The molecule has 1 saturated carbocycles. The number of carbonyl (C=O) groups is 1. The average molecular weight is 319 g/mol. The molecule has 1 amide bonds. The van der Waals surface area contributed by atoms with Gasteiger partial charge in [0.05, 0.1) is 0 Å². The minimum absolute atomic E-state index is 0.0964. The van der Waals surface area contributed by atoms with Gasteiger partial charge in [-0.15, -0.1) is 0 Å². The minimum Gasteiger partial charge on any atom is -0.333 e. The summed E-state index contributed by atoms with van der Waals surface area (Å²) in [5, 5.41) is 0. The summed E-state index contributed by atoms with van der Waals surface area (Å²) in [6, 6.07) is 4.39. The maximum Gasteiger partial charge on any atom is 0.271 e. The van der Waals surface area contributed by atoms with Crippen LogP contribution in [0, 0.1) is 6.92 Å². The Bertz CT molecular complexity index is 955. The first-order valence-electron chi connectivity index (χ1n) is 8.31. The molecule has 0 radical (unpaired) electrons. The van der Waals surface area contributed by atoms with Crippen molar-refractivity contribution in [3.63, 3.8) is 0 Å². The third kappa shape index (κ3) is 1.89. The van der Waals surface area contributed by atoms with Gasteiger partial charge >= 0.3 is 0 Å². The number of hydrogen-bond donors (Lipinski definition) is 0. The fourth-order valence-electron chi connectivity index (χ4n) is 3.57. The van der Waals surface area contributed by atoms with Gasteiger partial charge in [-0.25, -0.2) is 4.98 Å². The van der Waals surface area contributed by atoms with Crippen LogP contribution in [-0.2, 0) is 6.54 Å². The molecule has 1 aliphatic carbocycles. The van der Waals surface area contributed by atoms with Crippen molar-refractivity contribution in [1.82, 2.24) is 24.4 Å². The molecule has 2 aliphatic rings. The second kappa shape index (κ2) is 4.87. The van der Waals surface area contributed by atoms with E-state index in [1.54, 1.807) is 12.4 Å². The normalized spacial score (nSPS) is 17.4. The summed E-state index contributed by atoms with van der Waals surface area (Å²) in [6.07, 6.45) is 7.42. The molecule has 6 nitrogen and oxygen atoms in total. The van der Waals surface area contributed by atoms with Gasteiger partial charge in [-0.3, -0.25) is 14.8 Å². The van der Waals surface area contributed by atoms with Crippen molar-refractivity contribution in [3.05, 3.63) is 42.1 Å². The molecule has 3 aromatic heterocycles. The standard InChI is InChI=1S/C18H17N5O/c1-11-2-3-12(10-21-11)14-15-17(20-7-6-19-15)23-9-8-22(13-4-5-13)18(24)16(14)23/h2-3,6-7,10,13H,4-5,8-9H2,1H3. The number of amides is 1. The van der Waals surface area contributed by atoms with Crippen molar-refractivity contribution in [2.45, 2.75) is 32.4 Å². The summed E-state index contributed by atoms with van der Waals surface area (Å²) in [5.74, 6) is 0.0964. The molecular formula is C18H17N5O. The first-order chi connectivity index (χ1) is 11.7. The van der Waals surface area contributed by atoms with Crippen LogP contribution in [0.4, 0.5) is 0 Å². The molecule has 0 saturated heterocycles. The molecule has 0 aromatic carbocycles. The van der Waals surface area contributed by atoms with Gasteiger partial charge in [-0.05, 0) is 25.8 Å². The monoisotopic (exact) mass is 319 g/mol. The number of nitrogens with zero attached hydrogens (tertiary/aromatic N) is 5. The van der Waals surface area contributed by atoms with Gasteiger partial charge in [0.15, 0.2) is 5.65 Å². The Morgan fingerprint density at radius 1 is 1.08 bits per heavy atom. The number of carbonyl (C=O) groups excluding carboxylic acids is 1. The van der Waals surface area contributed by atoms with Crippen molar-refractivity contribution in [2.75, 3.05) is 6.54 Å². The molecule has 1 fully saturated rings. The predicted molar refractivity (Wildman–Crippen MR) is 89.6 cm³/mol. The lowest BCUT2D eigenvalue weighted by Gasteiger charge is -2.29. The third-order valence-electron chi connectivity index (χ3n) is 4.89. The van der Waals surface area contributed by atoms with E-state index in [1.165, 1.54) is 0 Å². The zero-order valence-corrected chi connectivity index (χ0v) is 13.4. The Hall–Kier alpha value is -2.76. The molecule has 4 heterocycles. The highest BCUT2D eigenvalue weighted by molar-refractivity contribution is 6.08. The fourth-order valence-corrected chi connectivity index (χ4v) is 3.57. The van der Waals surface area contributed by atoms with Gasteiger partial charge in [0.2, 0.25) is 0 Å². The quantitative estimate of drug-likeness (QED) is 0.728. The molecule has 24 heavy (non-hydrogen) atoms. The highest BCUT2D eigenvalue weighted by atomic mass is 16.2. The fraction of sp³-hybridized carbons (Fsp3) is 0.333. The smallest absolute Gasteiger partial charge is 0.271 e. The number of rotatable bonds is 2. The van der Waals surface area contributed by atoms with E-state index >= 15 is 0 Å². The van der Waals surface area contributed by atoms with E-state index in [4.69, 9.17) is 0 Å². The van der Waals surface area contributed by atoms with Crippen LogP contribution in [-0.4, -0.2) is 42.9 Å². The molecule has 0 atom stereocenters. The molecule has 0 N–H and O–H groups in total. The highest BCUT2D eigenvalue weighted by Gasteiger charge is 2.39. The topological polar surface area (TPSA) is 63.9 Å². The lowest BCUT2D eigenvalue weighted by atomic mass is 10.1. The number of aromatic nitrogens is 4. The van der Waals surface area contributed by atoms with E-state index in [0.717, 1.165) is 53.9 Å². The van der Waals surface area contributed by atoms with Gasteiger partial charge in [0.1, 0.15) is 11.2 Å². The van der Waals surface area contributed by atoms with Crippen LogP contribution in [0.1, 0.15) is 29.0 Å². The second-order valence-electron chi connectivity index (χ2n) is 6.52. The first-order valence-corrected chi connectivity index (χ1v) is 8.31. The zero-order valence-electron chi connectivity index (χ0n) is 13.4. The molecule has 5 rings (SSSR count). The molecule has 3 aromatic rings. The largest absolute Gasteiger partial charge is 0.333 e. The van der Waals surface area contributed by atoms with Crippen LogP contribution in [0.25, 0.3) is 22.3 Å². The minimum atomic E-state index is 0.0964. The average Bonchev–Trinajstić information content (AvgIpc) is 3.38. The SMILES string of the molecule is Cc1ccc(-c2c3n(c4nccnc24)CCN(C2CC2)C3=O)cn1. The summed E-state index contributed by atoms with van der Waals surface area (Å²) >= 11 is 0. The van der Waals surface area contributed by atoms with Crippen LogP contribution in [0.2, 0.25) is 0 Å². The Labute approximate surface area is 139 Å². The summed E-state index contributed by atoms with van der Waals surface area (Å²) in [7, 11) is 0. The van der Waals surface area contributed by atoms with Crippen LogP contribution in [0.5, 0.6) is 0 Å². The maximum atomic E-state index is 13.2. The van der Waals surface area contributed by atoms with Gasteiger partial charge in [0.25, 0.3) is 5.91 Å².